The van der Waals surface area contributed by atoms with Gasteiger partial charge in [-0.15, -0.1) is 0 Å². The first-order chi connectivity index (χ1) is 8.75. The number of carbonyl (C=O) groups excluding carboxylic acids is 1. The zero-order valence-electron chi connectivity index (χ0n) is 10.5. The van der Waals surface area contributed by atoms with E-state index in [1.165, 1.54) is 5.56 Å². The summed E-state index contributed by atoms with van der Waals surface area (Å²) in [4.78, 5) is 12.1. The molecule has 1 aromatic carbocycles. The van der Waals surface area contributed by atoms with E-state index in [0.29, 0.717) is 18.3 Å². The van der Waals surface area contributed by atoms with Crippen molar-refractivity contribution in [3.05, 3.63) is 71.3 Å². The average molecular weight is 236 g/mol. The lowest BCUT2D eigenvalue weighted by molar-refractivity contribution is 0.0986. The fourth-order valence-electron chi connectivity index (χ4n) is 2.84. The van der Waals surface area contributed by atoms with Crippen LogP contribution in [0.15, 0.2) is 54.7 Å². The molecule has 0 saturated carbocycles. The van der Waals surface area contributed by atoms with Gasteiger partial charge in [0.1, 0.15) is 0 Å². The molecule has 0 N–H and O–H groups in total. The predicted octanol–water partition coefficient (Wildman–Crippen LogP) is 3.96. The third kappa shape index (κ3) is 1.86. The zero-order chi connectivity index (χ0) is 12.5. The molecule has 1 unspecified atom stereocenters. The highest BCUT2D eigenvalue weighted by atomic mass is 16.1. The molecule has 1 heteroatoms. The summed E-state index contributed by atoms with van der Waals surface area (Å²) in [5.74, 6) is 0.922. The molecule has 0 aromatic heterocycles. The Kier molecular flexibility index (Phi) is 2.75. The number of benzene rings is 1. The molecule has 0 heterocycles. The fourth-order valence-corrected chi connectivity index (χ4v) is 2.84. The molecule has 0 radical (unpaired) electrons. The summed E-state index contributed by atoms with van der Waals surface area (Å²) in [5.41, 5.74) is 3.31. The standard InChI is InChI=1S/C17H16O/c1-12-8-9-14-15(11-17(18)16(14)10-12)13-6-4-2-3-5-7-13/h2-10,13,15H,11H2,1H3. The number of aryl methyl sites for hydroxylation is 1. The molecule has 0 saturated heterocycles. The van der Waals surface area contributed by atoms with Gasteiger partial charge in [0, 0.05) is 23.8 Å². The number of fused-ring (bicyclic) bond motifs is 1. The second-order valence-electron chi connectivity index (χ2n) is 5.06. The highest BCUT2D eigenvalue weighted by Gasteiger charge is 2.32. The molecule has 0 spiro atoms. The fraction of sp³-hybridized carbons (Fsp3) is 0.235. The maximum Gasteiger partial charge on any atom is 0.163 e. The molecule has 1 aromatic rings. The van der Waals surface area contributed by atoms with E-state index in [9.17, 15) is 4.79 Å². The second kappa shape index (κ2) is 4.41. The van der Waals surface area contributed by atoms with E-state index in [1.807, 2.05) is 25.1 Å². The zero-order valence-corrected chi connectivity index (χ0v) is 10.5. The van der Waals surface area contributed by atoms with Crippen LogP contribution in [0.2, 0.25) is 0 Å². The molecular formula is C17H16O. The van der Waals surface area contributed by atoms with Gasteiger partial charge in [-0.1, -0.05) is 54.2 Å². The average Bonchev–Trinajstić information content (AvgIpc) is 2.58. The van der Waals surface area contributed by atoms with E-state index in [-0.39, 0.29) is 5.78 Å². The Hall–Kier alpha value is -1.89. The van der Waals surface area contributed by atoms with Crippen molar-refractivity contribution in [1.29, 1.82) is 0 Å². The Morgan fingerprint density at radius 1 is 1.06 bits per heavy atom. The van der Waals surface area contributed by atoms with E-state index in [1.54, 1.807) is 0 Å². The number of hydrogen-bond acceptors (Lipinski definition) is 1. The van der Waals surface area contributed by atoms with Gasteiger partial charge in [0.2, 0.25) is 0 Å². The third-order valence-electron chi connectivity index (χ3n) is 3.78. The van der Waals surface area contributed by atoms with E-state index in [4.69, 9.17) is 0 Å². The van der Waals surface area contributed by atoms with Crippen LogP contribution in [0.4, 0.5) is 0 Å². The summed E-state index contributed by atoms with van der Waals surface area (Å²) < 4.78 is 0. The van der Waals surface area contributed by atoms with Crippen LogP contribution in [0.5, 0.6) is 0 Å². The van der Waals surface area contributed by atoms with Crippen molar-refractivity contribution >= 4 is 5.78 Å². The number of rotatable bonds is 1. The van der Waals surface area contributed by atoms with E-state index < -0.39 is 0 Å². The van der Waals surface area contributed by atoms with Crippen LogP contribution >= 0.6 is 0 Å². The van der Waals surface area contributed by atoms with Crippen LogP contribution in [0.3, 0.4) is 0 Å². The largest absolute Gasteiger partial charge is 0.294 e. The number of Topliss-reactive ketones (excluding diaryl/α,β-unsaturated/α-hetero) is 1. The summed E-state index contributed by atoms with van der Waals surface area (Å²) in [6.07, 6.45) is 13.2. The third-order valence-corrected chi connectivity index (χ3v) is 3.78. The Labute approximate surface area is 108 Å². The highest BCUT2D eigenvalue weighted by molar-refractivity contribution is 6.01. The highest BCUT2D eigenvalue weighted by Crippen LogP contribution is 2.40. The maximum atomic E-state index is 12.1. The van der Waals surface area contributed by atoms with Gasteiger partial charge < -0.3 is 0 Å². The molecule has 2 aliphatic rings. The van der Waals surface area contributed by atoms with Crippen LogP contribution in [0.1, 0.15) is 33.8 Å². The molecule has 0 amide bonds. The summed E-state index contributed by atoms with van der Waals surface area (Å²) in [6, 6.07) is 6.26. The first-order valence-electron chi connectivity index (χ1n) is 6.41. The molecule has 1 atom stereocenters. The lowest BCUT2D eigenvalue weighted by atomic mass is 9.86. The monoisotopic (exact) mass is 236 g/mol. The minimum absolute atomic E-state index is 0.290. The van der Waals surface area contributed by atoms with E-state index >= 15 is 0 Å². The van der Waals surface area contributed by atoms with Crippen LogP contribution < -0.4 is 0 Å². The SMILES string of the molecule is Cc1ccc2c(c1)C(=O)CC2C1C=CC=CC=C1. The van der Waals surface area contributed by atoms with E-state index in [0.717, 1.165) is 11.1 Å². The van der Waals surface area contributed by atoms with Crippen molar-refractivity contribution in [2.24, 2.45) is 5.92 Å². The Bertz CT molecular complexity index is 559. The minimum atomic E-state index is 0.290. The van der Waals surface area contributed by atoms with Crippen LogP contribution in [0.25, 0.3) is 0 Å². The Morgan fingerprint density at radius 2 is 1.78 bits per heavy atom. The molecule has 18 heavy (non-hydrogen) atoms. The molecule has 2 aliphatic carbocycles. The molecule has 0 bridgehead atoms. The van der Waals surface area contributed by atoms with Gasteiger partial charge in [0.15, 0.2) is 5.78 Å². The topological polar surface area (TPSA) is 17.1 Å². The van der Waals surface area contributed by atoms with Gasteiger partial charge in [-0.2, -0.15) is 0 Å². The first kappa shape index (κ1) is 11.2. The van der Waals surface area contributed by atoms with Gasteiger partial charge in [-0.3, -0.25) is 4.79 Å². The number of carbonyl (C=O) groups is 1. The molecule has 3 rings (SSSR count). The van der Waals surface area contributed by atoms with Gasteiger partial charge >= 0.3 is 0 Å². The molecular weight excluding hydrogens is 220 g/mol. The summed E-state index contributed by atoms with van der Waals surface area (Å²) in [7, 11) is 0. The van der Waals surface area contributed by atoms with Gasteiger partial charge in [-0.25, -0.2) is 0 Å². The number of hydrogen-bond donors (Lipinski definition) is 0. The Morgan fingerprint density at radius 3 is 2.50 bits per heavy atom. The summed E-state index contributed by atoms with van der Waals surface area (Å²) in [5, 5.41) is 0. The van der Waals surface area contributed by atoms with Crippen molar-refractivity contribution in [3.63, 3.8) is 0 Å². The molecule has 0 aliphatic heterocycles. The second-order valence-corrected chi connectivity index (χ2v) is 5.06. The number of allylic oxidation sites excluding steroid dienone is 6. The number of ketones is 1. The lowest BCUT2D eigenvalue weighted by Gasteiger charge is -2.17. The van der Waals surface area contributed by atoms with Crippen molar-refractivity contribution in [3.8, 4) is 0 Å². The van der Waals surface area contributed by atoms with E-state index in [2.05, 4.69) is 36.4 Å². The molecule has 1 nitrogen and oxygen atoms in total. The maximum absolute atomic E-state index is 12.1. The van der Waals surface area contributed by atoms with Crippen molar-refractivity contribution in [1.82, 2.24) is 0 Å². The van der Waals surface area contributed by atoms with Crippen molar-refractivity contribution in [2.45, 2.75) is 19.3 Å². The minimum Gasteiger partial charge on any atom is -0.294 e. The quantitative estimate of drug-likeness (QED) is 0.721. The molecule has 0 fully saturated rings. The van der Waals surface area contributed by atoms with Crippen LogP contribution in [-0.4, -0.2) is 5.78 Å². The van der Waals surface area contributed by atoms with Gasteiger partial charge in [0.05, 0.1) is 0 Å². The lowest BCUT2D eigenvalue weighted by Crippen LogP contribution is -2.05. The van der Waals surface area contributed by atoms with Crippen LogP contribution in [0, 0.1) is 12.8 Å². The first-order valence-corrected chi connectivity index (χ1v) is 6.41. The van der Waals surface area contributed by atoms with Crippen LogP contribution in [-0.2, 0) is 0 Å². The van der Waals surface area contributed by atoms with Crippen molar-refractivity contribution < 1.29 is 4.79 Å². The predicted molar refractivity (Wildman–Crippen MR) is 73.8 cm³/mol. The Balaban J connectivity index is 2.00. The van der Waals surface area contributed by atoms with Crippen molar-refractivity contribution in [2.75, 3.05) is 0 Å². The summed E-state index contributed by atoms with van der Waals surface area (Å²) >= 11 is 0. The van der Waals surface area contributed by atoms with Gasteiger partial charge in [-0.05, 0) is 18.6 Å². The normalized spacial score (nSPS) is 22.3. The van der Waals surface area contributed by atoms with Gasteiger partial charge in [0.25, 0.3) is 0 Å². The smallest absolute Gasteiger partial charge is 0.163 e. The molecule has 90 valence electrons. The summed E-state index contributed by atoms with van der Waals surface area (Å²) in [6.45, 7) is 2.04.